The molecule has 0 unspecified atom stereocenters. The van der Waals surface area contributed by atoms with Crippen LogP contribution < -0.4 is 10.6 Å². The number of amides is 3. The van der Waals surface area contributed by atoms with Crippen LogP contribution in [0.1, 0.15) is 47.2 Å². The minimum absolute atomic E-state index is 0.0376. The number of benzene rings is 2. The van der Waals surface area contributed by atoms with Crippen molar-refractivity contribution < 1.29 is 9.59 Å². The van der Waals surface area contributed by atoms with Crippen molar-refractivity contribution in [2.75, 3.05) is 19.6 Å². The van der Waals surface area contributed by atoms with Gasteiger partial charge in [0.05, 0.1) is 0 Å². The van der Waals surface area contributed by atoms with Gasteiger partial charge in [0.25, 0.3) is 5.91 Å². The second kappa shape index (κ2) is 9.79. The second-order valence-electron chi connectivity index (χ2n) is 8.55. The summed E-state index contributed by atoms with van der Waals surface area (Å²) in [5, 5.41) is 6.08. The largest absolute Gasteiger partial charge is 0.349 e. The zero-order valence-corrected chi connectivity index (χ0v) is 17.5. The highest BCUT2D eigenvalue weighted by molar-refractivity contribution is 5.94. The van der Waals surface area contributed by atoms with Gasteiger partial charge in [0, 0.05) is 31.2 Å². The highest BCUT2D eigenvalue weighted by Crippen LogP contribution is 2.23. The van der Waals surface area contributed by atoms with Crippen molar-refractivity contribution in [3.05, 3.63) is 71.3 Å². The van der Waals surface area contributed by atoms with Crippen LogP contribution in [-0.2, 0) is 12.8 Å². The lowest BCUT2D eigenvalue weighted by atomic mass is 9.90. The molecule has 30 heavy (non-hydrogen) atoms. The first kappa shape index (κ1) is 20.5. The first-order valence-electron chi connectivity index (χ1n) is 11.1. The van der Waals surface area contributed by atoms with Crippen molar-refractivity contribution in [1.82, 2.24) is 15.5 Å². The number of carbonyl (C=O) groups excluding carboxylic acids is 2. The number of piperidine rings is 1. The molecule has 158 valence electrons. The maximum absolute atomic E-state index is 12.4. The van der Waals surface area contributed by atoms with Gasteiger partial charge in [-0.2, -0.15) is 0 Å². The molecule has 1 heterocycles. The third-order valence-corrected chi connectivity index (χ3v) is 6.09. The van der Waals surface area contributed by atoms with Crippen LogP contribution in [0.4, 0.5) is 4.79 Å². The summed E-state index contributed by atoms with van der Waals surface area (Å²) in [4.78, 5) is 26.4. The van der Waals surface area contributed by atoms with E-state index in [0.29, 0.717) is 18.5 Å². The fourth-order valence-electron chi connectivity index (χ4n) is 4.03. The van der Waals surface area contributed by atoms with E-state index in [1.165, 1.54) is 11.1 Å². The van der Waals surface area contributed by atoms with Crippen LogP contribution in [0.3, 0.4) is 0 Å². The molecule has 2 aliphatic rings. The molecule has 0 bridgehead atoms. The summed E-state index contributed by atoms with van der Waals surface area (Å²) < 4.78 is 0. The van der Waals surface area contributed by atoms with Crippen LogP contribution in [0.5, 0.6) is 0 Å². The molecule has 3 amide bonds. The molecular weight excluding hydrogens is 374 g/mol. The van der Waals surface area contributed by atoms with Gasteiger partial charge in [0.2, 0.25) is 0 Å². The van der Waals surface area contributed by atoms with Gasteiger partial charge >= 0.3 is 6.03 Å². The Hall–Kier alpha value is -2.82. The summed E-state index contributed by atoms with van der Waals surface area (Å²) in [7, 11) is 0. The van der Waals surface area contributed by atoms with Crippen molar-refractivity contribution in [1.29, 1.82) is 0 Å². The average molecular weight is 406 g/mol. The van der Waals surface area contributed by atoms with Crippen molar-refractivity contribution in [3.63, 3.8) is 0 Å². The van der Waals surface area contributed by atoms with E-state index in [2.05, 4.69) is 34.9 Å². The van der Waals surface area contributed by atoms with Crippen LogP contribution in [-0.4, -0.2) is 42.5 Å². The van der Waals surface area contributed by atoms with Gasteiger partial charge < -0.3 is 15.5 Å². The normalized spacial score (nSPS) is 16.9. The smallest absolute Gasteiger partial charge is 0.317 e. The fourth-order valence-corrected chi connectivity index (χ4v) is 4.03. The number of rotatable bonds is 7. The Bertz CT molecular complexity index is 838. The maximum atomic E-state index is 12.4. The summed E-state index contributed by atoms with van der Waals surface area (Å²) in [6, 6.07) is 18.7. The lowest BCUT2D eigenvalue weighted by molar-refractivity contribution is 0.0951. The molecule has 1 saturated heterocycles. The lowest BCUT2D eigenvalue weighted by Crippen LogP contribution is -2.45. The molecule has 2 N–H and O–H groups in total. The number of urea groups is 1. The van der Waals surface area contributed by atoms with Crippen LogP contribution in [0.15, 0.2) is 54.6 Å². The third kappa shape index (κ3) is 5.85. The number of hydrogen-bond donors (Lipinski definition) is 2. The Morgan fingerprint density at radius 1 is 0.867 bits per heavy atom. The number of nitrogens with zero attached hydrogens (tertiary/aromatic N) is 1. The molecule has 2 aromatic carbocycles. The van der Waals surface area contributed by atoms with Crippen molar-refractivity contribution >= 4 is 11.9 Å². The highest BCUT2D eigenvalue weighted by Gasteiger charge is 2.24. The third-order valence-electron chi connectivity index (χ3n) is 6.09. The molecule has 0 radical (unpaired) electrons. The monoisotopic (exact) mass is 405 g/mol. The molecule has 1 aliphatic heterocycles. The van der Waals surface area contributed by atoms with E-state index in [1.807, 2.05) is 35.2 Å². The number of nitrogens with one attached hydrogen (secondary N) is 2. The zero-order chi connectivity index (χ0) is 20.8. The summed E-state index contributed by atoms with van der Waals surface area (Å²) in [6.45, 7) is 2.29. The van der Waals surface area contributed by atoms with Gasteiger partial charge in [-0.15, -0.1) is 0 Å². The first-order valence-corrected chi connectivity index (χ1v) is 11.1. The molecule has 0 spiro atoms. The molecule has 5 nitrogen and oxygen atoms in total. The lowest BCUT2D eigenvalue weighted by Gasteiger charge is -2.32. The number of carbonyl (C=O) groups is 2. The molecule has 4 rings (SSSR count). The molecular formula is C25H31N3O2. The Morgan fingerprint density at radius 3 is 2.23 bits per heavy atom. The standard InChI is InChI=1S/C25H31N3O2/c29-24(27-23-10-11-23)22-8-6-20(7-9-22)18-21-13-16-28(17-14-21)25(30)26-15-12-19-4-2-1-3-5-19/h1-9,21,23H,10-18H2,(H,26,30)(H,27,29). The van der Waals surface area contributed by atoms with Crippen LogP contribution in [0.2, 0.25) is 0 Å². The second-order valence-corrected chi connectivity index (χ2v) is 8.55. The summed E-state index contributed by atoms with van der Waals surface area (Å²) in [5.41, 5.74) is 3.25. The summed E-state index contributed by atoms with van der Waals surface area (Å²) in [5.74, 6) is 0.625. The number of hydrogen-bond acceptors (Lipinski definition) is 2. The molecule has 1 saturated carbocycles. The van der Waals surface area contributed by atoms with Crippen molar-refractivity contribution in [2.24, 2.45) is 5.92 Å². The van der Waals surface area contributed by atoms with E-state index in [9.17, 15) is 9.59 Å². The summed E-state index contributed by atoms with van der Waals surface area (Å²) in [6.07, 6.45) is 6.12. The van der Waals surface area contributed by atoms with Crippen molar-refractivity contribution in [3.8, 4) is 0 Å². The van der Waals surface area contributed by atoms with Gasteiger partial charge in [0.15, 0.2) is 0 Å². The number of likely N-dealkylation sites (tertiary alicyclic amines) is 1. The molecule has 2 fully saturated rings. The predicted octanol–water partition coefficient (Wildman–Crippen LogP) is 3.79. The Kier molecular flexibility index (Phi) is 6.67. The molecule has 2 aromatic rings. The van der Waals surface area contributed by atoms with E-state index in [0.717, 1.165) is 57.2 Å². The first-order chi connectivity index (χ1) is 14.7. The van der Waals surface area contributed by atoms with E-state index in [-0.39, 0.29) is 11.9 Å². The average Bonchev–Trinajstić information content (AvgIpc) is 3.59. The SMILES string of the molecule is O=C(NC1CC1)c1ccc(CC2CCN(C(=O)NCCc3ccccc3)CC2)cc1. The van der Waals surface area contributed by atoms with E-state index < -0.39 is 0 Å². The Morgan fingerprint density at radius 2 is 1.57 bits per heavy atom. The fraction of sp³-hybridized carbons (Fsp3) is 0.440. The van der Waals surface area contributed by atoms with Crippen molar-refractivity contribution in [2.45, 2.75) is 44.6 Å². The molecule has 0 atom stereocenters. The van der Waals surface area contributed by atoms with Crippen LogP contribution >= 0.6 is 0 Å². The topological polar surface area (TPSA) is 61.4 Å². The van der Waals surface area contributed by atoms with Gasteiger partial charge in [0.1, 0.15) is 0 Å². The molecule has 0 aromatic heterocycles. The van der Waals surface area contributed by atoms with Crippen LogP contribution in [0, 0.1) is 5.92 Å². The van der Waals surface area contributed by atoms with E-state index in [1.54, 1.807) is 0 Å². The van der Waals surface area contributed by atoms with E-state index >= 15 is 0 Å². The highest BCUT2D eigenvalue weighted by atomic mass is 16.2. The van der Waals surface area contributed by atoms with Gasteiger partial charge in [-0.3, -0.25) is 4.79 Å². The van der Waals surface area contributed by atoms with Gasteiger partial charge in [-0.1, -0.05) is 42.5 Å². The van der Waals surface area contributed by atoms with Crippen LogP contribution in [0.25, 0.3) is 0 Å². The quantitative estimate of drug-likeness (QED) is 0.736. The Labute approximate surface area is 178 Å². The Balaban J connectivity index is 1.17. The van der Waals surface area contributed by atoms with Gasteiger partial charge in [-0.05, 0) is 67.7 Å². The maximum Gasteiger partial charge on any atom is 0.317 e. The van der Waals surface area contributed by atoms with Gasteiger partial charge in [-0.25, -0.2) is 4.79 Å². The zero-order valence-electron chi connectivity index (χ0n) is 17.5. The van der Waals surface area contributed by atoms with E-state index in [4.69, 9.17) is 0 Å². The minimum atomic E-state index is 0.0376. The molecule has 5 heteroatoms. The predicted molar refractivity (Wildman–Crippen MR) is 118 cm³/mol. The molecule has 1 aliphatic carbocycles. The minimum Gasteiger partial charge on any atom is -0.349 e. The summed E-state index contributed by atoms with van der Waals surface area (Å²) >= 11 is 0.